The minimum Gasteiger partial charge on any atom is -0.497 e. The van der Waals surface area contributed by atoms with Gasteiger partial charge < -0.3 is 15.0 Å². The van der Waals surface area contributed by atoms with Crippen molar-refractivity contribution in [1.29, 1.82) is 0 Å². The molecule has 1 saturated heterocycles. The van der Waals surface area contributed by atoms with Gasteiger partial charge in [0.25, 0.3) is 0 Å². The van der Waals surface area contributed by atoms with Crippen molar-refractivity contribution in [2.45, 2.75) is 26.7 Å². The van der Waals surface area contributed by atoms with E-state index in [4.69, 9.17) is 14.8 Å². The molecule has 1 fully saturated rings. The second-order valence-corrected chi connectivity index (χ2v) is 9.53. The van der Waals surface area contributed by atoms with E-state index in [1.54, 1.807) is 18.4 Å². The van der Waals surface area contributed by atoms with Gasteiger partial charge in [0, 0.05) is 30.3 Å². The summed E-state index contributed by atoms with van der Waals surface area (Å²) in [7, 11) is 1.66. The van der Waals surface area contributed by atoms with Crippen molar-refractivity contribution < 1.29 is 9.53 Å². The van der Waals surface area contributed by atoms with Crippen LogP contribution in [0.4, 0.5) is 10.8 Å². The zero-order valence-corrected chi connectivity index (χ0v) is 19.9. The number of methoxy groups -OCH3 is 1. The van der Waals surface area contributed by atoms with E-state index < -0.39 is 0 Å². The summed E-state index contributed by atoms with van der Waals surface area (Å²) in [6.07, 6.45) is 3.59. The molecule has 33 heavy (non-hydrogen) atoms. The first-order valence-corrected chi connectivity index (χ1v) is 11.9. The molecule has 0 saturated carbocycles. The van der Waals surface area contributed by atoms with Crippen molar-refractivity contribution in [3.05, 3.63) is 59.8 Å². The fourth-order valence-electron chi connectivity index (χ4n) is 4.34. The van der Waals surface area contributed by atoms with Crippen LogP contribution < -0.4 is 15.0 Å². The molecule has 4 aromatic rings. The number of amides is 1. The number of carbonyl (C=O) groups excluding carboxylic acids is 1. The molecule has 3 heterocycles. The van der Waals surface area contributed by atoms with Crippen LogP contribution in [-0.2, 0) is 4.79 Å². The predicted octanol–water partition coefficient (Wildman–Crippen LogP) is 4.94. The Hall–Kier alpha value is -3.39. The maximum Gasteiger partial charge on any atom is 0.227 e. The van der Waals surface area contributed by atoms with E-state index >= 15 is 0 Å². The minimum atomic E-state index is 0.0211. The first kappa shape index (κ1) is 21.5. The molecule has 8 heteroatoms. The van der Waals surface area contributed by atoms with E-state index in [-0.39, 0.29) is 11.8 Å². The lowest BCUT2D eigenvalue weighted by Gasteiger charge is -2.30. The lowest BCUT2D eigenvalue weighted by atomic mass is 9.96. The molecule has 0 bridgehead atoms. The number of anilines is 2. The molecule has 1 amide bonds. The SMILES string of the molecule is COc1ccc(-c2cn3nc(N4CCC(C(=O)Nc5cc(C)cc(C)c5)CC4)sc3n2)cc1. The van der Waals surface area contributed by atoms with Crippen LogP contribution in [0.2, 0.25) is 0 Å². The zero-order valence-electron chi connectivity index (χ0n) is 19.0. The van der Waals surface area contributed by atoms with E-state index in [1.165, 1.54) is 0 Å². The van der Waals surface area contributed by atoms with Crippen LogP contribution in [0.5, 0.6) is 5.75 Å². The number of fused-ring (bicyclic) bond motifs is 1. The summed E-state index contributed by atoms with van der Waals surface area (Å²) in [4.78, 5) is 20.6. The van der Waals surface area contributed by atoms with Crippen LogP contribution in [0.25, 0.3) is 16.2 Å². The van der Waals surface area contributed by atoms with E-state index in [0.29, 0.717) is 0 Å². The third-order valence-corrected chi connectivity index (χ3v) is 7.03. The molecule has 1 aliphatic heterocycles. The highest BCUT2D eigenvalue weighted by Gasteiger charge is 2.27. The average molecular weight is 462 g/mol. The highest BCUT2D eigenvalue weighted by Crippen LogP contribution is 2.30. The lowest BCUT2D eigenvalue weighted by molar-refractivity contribution is -0.120. The van der Waals surface area contributed by atoms with Crippen molar-refractivity contribution in [2.24, 2.45) is 5.92 Å². The highest BCUT2D eigenvalue weighted by molar-refractivity contribution is 7.20. The average Bonchev–Trinajstić information content (AvgIpc) is 3.38. The summed E-state index contributed by atoms with van der Waals surface area (Å²) in [6.45, 7) is 5.72. The summed E-state index contributed by atoms with van der Waals surface area (Å²) in [5.74, 6) is 0.955. The van der Waals surface area contributed by atoms with Gasteiger partial charge in [0.15, 0.2) is 0 Å². The van der Waals surface area contributed by atoms with E-state index in [1.807, 2.05) is 61.0 Å². The van der Waals surface area contributed by atoms with Crippen LogP contribution in [0, 0.1) is 19.8 Å². The first-order chi connectivity index (χ1) is 16.0. The number of rotatable bonds is 5. The van der Waals surface area contributed by atoms with E-state index in [0.717, 1.165) is 69.8 Å². The smallest absolute Gasteiger partial charge is 0.227 e. The van der Waals surface area contributed by atoms with Gasteiger partial charge in [-0.3, -0.25) is 4.79 Å². The Morgan fingerprint density at radius 1 is 1.09 bits per heavy atom. The normalized spacial score (nSPS) is 14.6. The molecule has 2 aromatic heterocycles. The van der Waals surface area contributed by atoms with Gasteiger partial charge in [0.2, 0.25) is 16.0 Å². The number of ether oxygens (including phenoxy) is 1. The summed E-state index contributed by atoms with van der Waals surface area (Å²) in [5, 5.41) is 8.80. The Morgan fingerprint density at radius 3 is 2.42 bits per heavy atom. The number of aryl methyl sites for hydroxylation is 2. The molecule has 170 valence electrons. The van der Waals surface area contributed by atoms with Gasteiger partial charge in [-0.1, -0.05) is 17.4 Å². The topological polar surface area (TPSA) is 71.8 Å². The van der Waals surface area contributed by atoms with Crippen molar-refractivity contribution in [3.63, 3.8) is 0 Å². The summed E-state index contributed by atoms with van der Waals surface area (Å²) < 4.78 is 7.07. The molecular formula is C25H27N5O2S. The summed E-state index contributed by atoms with van der Waals surface area (Å²) in [6, 6.07) is 14.0. The Kier molecular flexibility index (Phi) is 5.76. The number of carbonyl (C=O) groups is 1. The van der Waals surface area contributed by atoms with Gasteiger partial charge in [-0.15, -0.1) is 5.10 Å². The van der Waals surface area contributed by atoms with Crippen LogP contribution in [0.15, 0.2) is 48.7 Å². The molecule has 0 unspecified atom stereocenters. The molecule has 5 rings (SSSR count). The van der Waals surface area contributed by atoms with Gasteiger partial charge in [-0.05, 0) is 74.2 Å². The Balaban J connectivity index is 1.21. The second kappa shape index (κ2) is 8.86. The van der Waals surface area contributed by atoms with E-state index in [2.05, 4.69) is 16.3 Å². The Morgan fingerprint density at radius 2 is 1.79 bits per heavy atom. The lowest BCUT2D eigenvalue weighted by Crippen LogP contribution is -2.38. The van der Waals surface area contributed by atoms with Gasteiger partial charge >= 0.3 is 0 Å². The quantitative estimate of drug-likeness (QED) is 0.456. The fraction of sp³-hybridized carbons (Fsp3) is 0.320. The van der Waals surface area contributed by atoms with Crippen LogP contribution in [0.3, 0.4) is 0 Å². The molecule has 0 atom stereocenters. The highest BCUT2D eigenvalue weighted by atomic mass is 32.1. The first-order valence-electron chi connectivity index (χ1n) is 11.1. The number of benzene rings is 2. The van der Waals surface area contributed by atoms with Gasteiger partial charge in [-0.2, -0.15) is 0 Å². The van der Waals surface area contributed by atoms with Crippen molar-refractivity contribution in [3.8, 4) is 17.0 Å². The number of piperidine rings is 1. The van der Waals surface area contributed by atoms with Crippen LogP contribution >= 0.6 is 11.3 Å². The van der Waals surface area contributed by atoms with Gasteiger partial charge in [-0.25, -0.2) is 9.50 Å². The van der Waals surface area contributed by atoms with Gasteiger partial charge in [0.05, 0.1) is 19.0 Å². The third kappa shape index (κ3) is 4.57. The number of hydrogen-bond donors (Lipinski definition) is 1. The molecule has 2 aromatic carbocycles. The number of nitrogens with one attached hydrogen (secondary N) is 1. The molecule has 0 spiro atoms. The molecular weight excluding hydrogens is 434 g/mol. The Labute approximate surface area is 197 Å². The second-order valence-electron chi connectivity index (χ2n) is 8.59. The number of imidazole rings is 1. The van der Waals surface area contributed by atoms with Crippen molar-refractivity contribution in [1.82, 2.24) is 14.6 Å². The van der Waals surface area contributed by atoms with Crippen LogP contribution in [-0.4, -0.2) is 40.7 Å². The van der Waals surface area contributed by atoms with Crippen molar-refractivity contribution >= 4 is 33.0 Å². The Bertz CT molecular complexity index is 1230. The number of nitrogens with zero attached hydrogens (tertiary/aromatic N) is 4. The minimum absolute atomic E-state index is 0.0211. The van der Waals surface area contributed by atoms with Gasteiger partial charge in [0.1, 0.15) is 5.75 Å². The maximum atomic E-state index is 12.8. The number of hydrogen-bond acceptors (Lipinski definition) is 6. The summed E-state index contributed by atoms with van der Waals surface area (Å²) in [5.41, 5.74) is 5.12. The monoisotopic (exact) mass is 461 g/mol. The van der Waals surface area contributed by atoms with Crippen LogP contribution in [0.1, 0.15) is 24.0 Å². The predicted molar refractivity (Wildman–Crippen MR) is 132 cm³/mol. The molecule has 1 N–H and O–H groups in total. The molecule has 0 aliphatic carbocycles. The van der Waals surface area contributed by atoms with E-state index in [9.17, 15) is 4.79 Å². The molecule has 1 aliphatic rings. The maximum absolute atomic E-state index is 12.8. The third-order valence-electron chi connectivity index (χ3n) is 6.04. The molecule has 0 radical (unpaired) electrons. The largest absolute Gasteiger partial charge is 0.497 e. The standard InChI is InChI=1S/C25H27N5O2S/c1-16-12-17(2)14-20(13-16)26-23(31)19-8-10-29(11-9-19)25-28-30-15-22(27-24(30)33-25)18-4-6-21(32-3)7-5-18/h4-7,12-15,19H,8-11H2,1-3H3,(H,26,31). The molecule has 7 nitrogen and oxygen atoms in total. The number of aromatic nitrogens is 3. The van der Waals surface area contributed by atoms with Crippen molar-refractivity contribution in [2.75, 3.05) is 30.4 Å². The zero-order chi connectivity index (χ0) is 22.9. The summed E-state index contributed by atoms with van der Waals surface area (Å²) >= 11 is 1.58. The fourth-order valence-corrected chi connectivity index (χ4v) is 5.28.